The van der Waals surface area contributed by atoms with Gasteiger partial charge in [-0.05, 0) is 42.7 Å². The smallest absolute Gasteiger partial charge is 0.236 e. The number of benzene rings is 2. The SMILES string of the molecule is COc1ccc(C(C)N(C)C(=O)C2Cc3ccccc3S2)cc1. The van der Waals surface area contributed by atoms with Gasteiger partial charge in [-0.1, -0.05) is 30.3 Å². The second-order valence-corrected chi connectivity index (χ2v) is 7.06. The fourth-order valence-corrected chi connectivity index (χ4v) is 4.14. The van der Waals surface area contributed by atoms with Gasteiger partial charge in [0.25, 0.3) is 0 Å². The van der Waals surface area contributed by atoms with Crippen LogP contribution in [0.15, 0.2) is 53.4 Å². The molecule has 0 saturated heterocycles. The van der Waals surface area contributed by atoms with Crippen molar-refractivity contribution in [2.24, 2.45) is 0 Å². The minimum Gasteiger partial charge on any atom is -0.497 e. The quantitative estimate of drug-likeness (QED) is 0.852. The average molecular weight is 327 g/mol. The van der Waals surface area contributed by atoms with Gasteiger partial charge in [-0.25, -0.2) is 0 Å². The molecule has 2 atom stereocenters. The third kappa shape index (κ3) is 3.22. The van der Waals surface area contributed by atoms with E-state index in [2.05, 4.69) is 19.1 Å². The van der Waals surface area contributed by atoms with E-state index in [1.807, 2.05) is 48.3 Å². The molecule has 1 aliphatic heterocycles. The Kier molecular flexibility index (Phi) is 4.62. The fourth-order valence-electron chi connectivity index (χ4n) is 2.84. The first kappa shape index (κ1) is 15.9. The number of methoxy groups -OCH3 is 1. The maximum atomic E-state index is 12.8. The number of thioether (sulfide) groups is 1. The van der Waals surface area contributed by atoms with Crippen LogP contribution in [-0.2, 0) is 11.2 Å². The van der Waals surface area contributed by atoms with Crippen LogP contribution in [0.1, 0.15) is 24.1 Å². The molecule has 2 unspecified atom stereocenters. The highest BCUT2D eigenvalue weighted by atomic mass is 32.2. The van der Waals surface area contributed by atoms with Gasteiger partial charge in [0.2, 0.25) is 5.91 Å². The third-order valence-electron chi connectivity index (χ3n) is 4.45. The van der Waals surface area contributed by atoms with Crippen molar-refractivity contribution >= 4 is 17.7 Å². The Morgan fingerprint density at radius 1 is 1.22 bits per heavy atom. The standard InChI is InChI=1S/C19H21NO2S/c1-13(14-8-10-16(22-3)11-9-14)20(2)19(21)18-12-15-6-4-5-7-17(15)23-18/h4-11,13,18H,12H2,1-3H3. The first-order valence-electron chi connectivity index (χ1n) is 7.75. The summed E-state index contributed by atoms with van der Waals surface area (Å²) in [5.41, 5.74) is 2.39. The molecule has 23 heavy (non-hydrogen) atoms. The molecule has 120 valence electrons. The van der Waals surface area contributed by atoms with E-state index in [0.29, 0.717) is 0 Å². The molecular formula is C19H21NO2S. The van der Waals surface area contributed by atoms with Crippen LogP contribution in [-0.4, -0.2) is 30.2 Å². The maximum absolute atomic E-state index is 12.8. The largest absolute Gasteiger partial charge is 0.497 e. The zero-order chi connectivity index (χ0) is 16.4. The third-order valence-corrected chi connectivity index (χ3v) is 5.75. The Balaban J connectivity index is 1.70. The fraction of sp³-hybridized carbons (Fsp3) is 0.316. The molecule has 4 heteroatoms. The number of rotatable bonds is 4. The molecular weight excluding hydrogens is 306 g/mol. The van der Waals surface area contributed by atoms with Gasteiger partial charge in [0.15, 0.2) is 0 Å². The molecule has 1 amide bonds. The van der Waals surface area contributed by atoms with Gasteiger partial charge in [-0.15, -0.1) is 11.8 Å². The normalized spacial score (nSPS) is 17.4. The summed E-state index contributed by atoms with van der Waals surface area (Å²) in [5, 5.41) is -0.0156. The van der Waals surface area contributed by atoms with Crippen LogP contribution in [0.3, 0.4) is 0 Å². The minimum absolute atomic E-state index is 0.0156. The Labute approximate surface area is 141 Å². The van der Waals surface area contributed by atoms with E-state index in [-0.39, 0.29) is 17.2 Å². The molecule has 0 aromatic heterocycles. The second kappa shape index (κ2) is 6.67. The van der Waals surface area contributed by atoms with Crippen molar-refractivity contribution in [3.8, 4) is 5.75 Å². The zero-order valence-electron chi connectivity index (χ0n) is 13.7. The van der Waals surface area contributed by atoms with Crippen LogP contribution in [0.2, 0.25) is 0 Å². The molecule has 0 fully saturated rings. The van der Waals surface area contributed by atoms with Crippen LogP contribution >= 0.6 is 11.8 Å². The summed E-state index contributed by atoms with van der Waals surface area (Å²) in [6.45, 7) is 2.06. The topological polar surface area (TPSA) is 29.5 Å². The number of carbonyl (C=O) groups is 1. The van der Waals surface area contributed by atoms with Crippen molar-refractivity contribution in [1.29, 1.82) is 0 Å². The van der Waals surface area contributed by atoms with E-state index in [9.17, 15) is 4.79 Å². The Morgan fingerprint density at radius 2 is 1.91 bits per heavy atom. The van der Waals surface area contributed by atoms with Gasteiger partial charge in [-0.2, -0.15) is 0 Å². The van der Waals surface area contributed by atoms with Gasteiger partial charge in [0.05, 0.1) is 18.4 Å². The predicted molar refractivity (Wildman–Crippen MR) is 94.0 cm³/mol. The van der Waals surface area contributed by atoms with Gasteiger partial charge >= 0.3 is 0 Å². The number of nitrogens with zero attached hydrogens (tertiary/aromatic N) is 1. The lowest BCUT2D eigenvalue weighted by Gasteiger charge is -2.27. The van der Waals surface area contributed by atoms with E-state index in [0.717, 1.165) is 17.7 Å². The molecule has 0 radical (unpaired) electrons. The lowest BCUT2D eigenvalue weighted by Crippen LogP contribution is -2.36. The summed E-state index contributed by atoms with van der Waals surface area (Å²) in [6, 6.07) is 16.2. The van der Waals surface area contributed by atoms with E-state index >= 15 is 0 Å². The van der Waals surface area contributed by atoms with Crippen LogP contribution < -0.4 is 4.74 Å². The highest BCUT2D eigenvalue weighted by Gasteiger charge is 2.31. The summed E-state index contributed by atoms with van der Waals surface area (Å²) >= 11 is 1.68. The number of carbonyl (C=O) groups excluding carboxylic acids is 1. The summed E-state index contributed by atoms with van der Waals surface area (Å²) in [6.07, 6.45) is 0.819. The molecule has 3 nitrogen and oxygen atoms in total. The summed E-state index contributed by atoms with van der Waals surface area (Å²) in [5.74, 6) is 1.02. The molecule has 2 aromatic carbocycles. The average Bonchev–Trinajstić information content (AvgIpc) is 3.04. The Bertz CT molecular complexity index is 674. The molecule has 3 rings (SSSR count). The Hall–Kier alpha value is -1.94. The van der Waals surface area contributed by atoms with Crippen molar-refractivity contribution < 1.29 is 9.53 Å². The summed E-state index contributed by atoms with van der Waals surface area (Å²) in [7, 11) is 3.55. The monoisotopic (exact) mass is 327 g/mol. The predicted octanol–water partition coefficient (Wildman–Crippen LogP) is 3.93. The van der Waals surface area contributed by atoms with E-state index in [1.54, 1.807) is 18.9 Å². The number of hydrogen-bond acceptors (Lipinski definition) is 3. The number of ether oxygens (including phenoxy) is 1. The first-order chi connectivity index (χ1) is 11.1. The lowest BCUT2D eigenvalue weighted by molar-refractivity contribution is -0.131. The molecule has 0 aliphatic carbocycles. The molecule has 0 bridgehead atoms. The second-order valence-electron chi connectivity index (χ2n) is 5.82. The summed E-state index contributed by atoms with van der Waals surface area (Å²) < 4.78 is 5.19. The van der Waals surface area contributed by atoms with Crippen molar-refractivity contribution in [2.45, 2.75) is 29.5 Å². The lowest BCUT2D eigenvalue weighted by atomic mass is 10.1. The van der Waals surface area contributed by atoms with Crippen molar-refractivity contribution in [3.05, 3.63) is 59.7 Å². The van der Waals surface area contributed by atoms with Gasteiger partial charge in [0.1, 0.15) is 5.75 Å². The number of fused-ring (bicyclic) bond motifs is 1. The molecule has 0 spiro atoms. The highest BCUT2D eigenvalue weighted by Crippen LogP contribution is 2.38. The highest BCUT2D eigenvalue weighted by molar-refractivity contribution is 8.01. The Morgan fingerprint density at radius 3 is 2.57 bits per heavy atom. The zero-order valence-corrected chi connectivity index (χ0v) is 14.5. The van der Waals surface area contributed by atoms with Crippen molar-refractivity contribution in [3.63, 3.8) is 0 Å². The van der Waals surface area contributed by atoms with Crippen molar-refractivity contribution in [2.75, 3.05) is 14.2 Å². The maximum Gasteiger partial charge on any atom is 0.236 e. The van der Waals surface area contributed by atoms with Gasteiger partial charge < -0.3 is 9.64 Å². The van der Waals surface area contributed by atoms with E-state index in [1.165, 1.54) is 10.5 Å². The molecule has 1 aliphatic rings. The van der Waals surface area contributed by atoms with Crippen LogP contribution in [0, 0.1) is 0 Å². The minimum atomic E-state index is -0.0156. The first-order valence-corrected chi connectivity index (χ1v) is 8.63. The molecule has 0 saturated carbocycles. The van der Waals surface area contributed by atoms with Crippen LogP contribution in [0.25, 0.3) is 0 Å². The number of amides is 1. The van der Waals surface area contributed by atoms with Crippen molar-refractivity contribution in [1.82, 2.24) is 4.90 Å². The number of hydrogen-bond donors (Lipinski definition) is 0. The molecule has 1 heterocycles. The molecule has 2 aromatic rings. The van der Waals surface area contributed by atoms with Gasteiger partial charge in [-0.3, -0.25) is 4.79 Å². The van der Waals surface area contributed by atoms with Gasteiger partial charge in [0, 0.05) is 11.9 Å². The van der Waals surface area contributed by atoms with Crippen LogP contribution in [0.4, 0.5) is 0 Å². The molecule has 0 N–H and O–H groups in total. The van der Waals surface area contributed by atoms with E-state index < -0.39 is 0 Å². The summed E-state index contributed by atoms with van der Waals surface area (Å²) in [4.78, 5) is 15.9. The van der Waals surface area contributed by atoms with E-state index in [4.69, 9.17) is 4.74 Å². The van der Waals surface area contributed by atoms with Crippen LogP contribution in [0.5, 0.6) is 5.75 Å².